The predicted molar refractivity (Wildman–Crippen MR) is 77.0 cm³/mol. The number of ether oxygens (including phenoxy) is 1. The molecule has 2 aromatic carbocycles. The van der Waals surface area contributed by atoms with Crippen LogP contribution in [0.5, 0.6) is 5.75 Å². The Hall–Kier alpha value is -1.40. The SMILES string of the molecule is N#Cc1c(Cl)cccc1OCc1ccc(Cl)cc1Cl. The van der Waals surface area contributed by atoms with E-state index >= 15 is 0 Å². The maximum Gasteiger partial charge on any atom is 0.139 e. The van der Waals surface area contributed by atoms with Gasteiger partial charge in [0.2, 0.25) is 0 Å². The fraction of sp³-hybridized carbons (Fsp3) is 0.0714. The summed E-state index contributed by atoms with van der Waals surface area (Å²) in [5.41, 5.74) is 1.10. The summed E-state index contributed by atoms with van der Waals surface area (Å²) >= 11 is 17.8. The summed E-state index contributed by atoms with van der Waals surface area (Å²) in [7, 11) is 0. The molecule has 0 atom stereocenters. The lowest BCUT2D eigenvalue weighted by Gasteiger charge is -2.10. The molecule has 0 heterocycles. The summed E-state index contributed by atoms with van der Waals surface area (Å²) in [6.45, 7) is 0.241. The van der Waals surface area contributed by atoms with E-state index in [1.165, 1.54) is 0 Å². The van der Waals surface area contributed by atoms with Crippen LogP contribution in [0.1, 0.15) is 11.1 Å². The fourth-order valence-corrected chi connectivity index (χ4v) is 2.20. The zero-order valence-corrected chi connectivity index (χ0v) is 11.9. The minimum Gasteiger partial charge on any atom is -0.487 e. The molecule has 0 N–H and O–H groups in total. The van der Waals surface area contributed by atoms with E-state index < -0.39 is 0 Å². The lowest BCUT2D eigenvalue weighted by molar-refractivity contribution is 0.305. The van der Waals surface area contributed by atoms with Crippen LogP contribution in [0.2, 0.25) is 15.1 Å². The van der Waals surface area contributed by atoms with Gasteiger partial charge in [-0.3, -0.25) is 0 Å². The highest BCUT2D eigenvalue weighted by molar-refractivity contribution is 6.35. The molecule has 19 heavy (non-hydrogen) atoms. The molecular weight excluding hydrogens is 305 g/mol. The first-order valence-corrected chi connectivity index (χ1v) is 6.50. The van der Waals surface area contributed by atoms with Gasteiger partial charge in [-0.1, -0.05) is 46.9 Å². The first kappa shape index (κ1) is 14.0. The van der Waals surface area contributed by atoms with Crippen LogP contribution in [0.4, 0.5) is 0 Å². The molecule has 0 unspecified atom stereocenters. The molecule has 0 bridgehead atoms. The smallest absolute Gasteiger partial charge is 0.139 e. The summed E-state index contributed by atoms with van der Waals surface area (Å²) in [5, 5.41) is 10.5. The second-order valence-corrected chi connectivity index (χ2v) is 5.00. The van der Waals surface area contributed by atoms with Gasteiger partial charge in [0.1, 0.15) is 24.0 Å². The van der Waals surface area contributed by atoms with Gasteiger partial charge < -0.3 is 4.74 Å². The standard InChI is InChI=1S/C14H8Cl3NO/c15-10-5-4-9(13(17)6-10)8-19-14-3-1-2-12(16)11(14)7-18/h1-6H,8H2. The third-order valence-corrected chi connectivity index (χ3v) is 3.39. The van der Waals surface area contributed by atoms with Gasteiger partial charge >= 0.3 is 0 Å². The van der Waals surface area contributed by atoms with Crippen LogP contribution in [0.3, 0.4) is 0 Å². The Morgan fingerprint density at radius 1 is 1.05 bits per heavy atom. The van der Waals surface area contributed by atoms with E-state index in [0.29, 0.717) is 26.4 Å². The van der Waals surface area contributed by atoms with Crippen molar-refractivity contribution in [3.8, 4) is 11.8 Å². The summed E-state index contributed by atoms with van der Waals surface area (Å²) in [6, 6.07) is 12.2. The maximum atomic E-state index is 9.03. The van der Waals surface area contributed by atoms with E-state index in [1.54, 1.807) is 36.4 Å². The van der Waals surface area contributed by atoms with Crippen molar-refractivity contribution in [3.05, 3.63) is 62.6 Å². The average molecular weight is 313 g/mol. The lowest BCUT2D eigenvalue weighted by atomic mass is 10.2. The number of nitriles is 1. The fourth-order valence-electron chi connectivity index (χ4n) is 1.53. The van der Waals surface area contributed by atoms with E-state index in [-0.39, 0.29) is 6.61 Å². The molecule has 0 aliphatic heterocycles. The predicted octanol–water partition coefficient (Wildman–Crippen LogP) is 5.10. The third-order valence-electron chi connectivity index (χ3n) is 2.49. The molecule has 0 spiro atoms. The second kappa shape index (κ2) is 6.16. The van der Waals surface area contributed by atoms with E-state index in [0.717, 1.165) is 5.56 Å². The van der Waals surface area contributed by atoms with Crippen molar-refractivity contribution in [3.63, 3.8) is 0 Å². The van der Waals surface area contributed by atoms with Gasteiger partial charge in [0.25, 0.3) is 0 Å². The largest absolute Gasteiger partial charge is 0.487 e. The van der Waals surface area contributed by atoms with Crippen LogP contribution in [0.15, 0.2) is 36.4 Å². The van der Waals surface area contributed by atoms with Crippen LogP contribution >= 0.6 is 34.8 Å². The van der Waals surface area contributed by atoms with Crippen molar-refractivity contribution < 1.29 is 4.74 Å². The van der Waals surface area contributed by atoms with Gasteiger partial charge in [-0.05, 0) is 24.3 Å². The number of rotatable bonds is 3. The molecular formula is C14H8Cl3NO. The molecule has 2 nitrogen and oxygen atoms in total. The molecule has 5 heteroatoms. The molecule has 0 aliphatic carbocycles. The van der Waals surface area contributed by atoms with Gasteiger partial charge in [0.15, 0.2) is 0 Å². The molecule has 96 valence electrons. The molecule has 0 aromatic heterocycles. The first-order chi connectivity index (χ1) is 9.11. The minimum absolute atomic E-state index is 0.241. The Labute approximate surface area is 126 Å². The quantitative estimate of drug-likeness (QED) is 0.790. The maximum absolute atomic E-state index is 9.03. The molecule has 2 rings (SSSR count). The van der Waals surface area contributed by atoms with Gasteiger partial charge in [0.05, 0.1) is 5.02 Å². The highest BCUT2D eigenvalue weighted by Crippen LogP contribution is 2.27. The van der Waals surface area contributed by atoms with E-state index in [2.05, 4.69) is 0 Å². The molecule has 2 aromatic rings. The van der Waals surface area contributed by atoms with Crippen LogP contribution in [-0.4, -0.2) is 0 Å². The summed E-state index contributed by atoms with van der Waals surface area (Å²) in [6.07, 6.45) is 0. The molecule has 0 saturated heterocycles. The molecule has 0 amide bonds. The molecule has 0 aliphatic rings. The first-order valence-electron chi connectivity index (χ1n) is 5.37. The normalized spacial score (nSPS) is 10.0. The highest BCUT2D eigenvalue weighted by atomic mass is 35.5. The van der Waals surface area contributed by atoms with Crippen molar-refractivity contribution in [1.82, 2.24) is 0 Å². The Morgan fingerprint density at radius 2 is 1.84 bits per heavy atom. The Bertz CT molecular complexity index is 650. The van der Waals surface area contributed by atoms with Gasteiger partial charge in [-0.15, -0.1) is 0 Å². The minimum atomic E-state index is 0.241. The lowest BCUT2D eigenvalue weighted by Crippen LogP contribution is -1.98. The summed E-state index contributed by atoms with van der Waals surface area (Å²) in [5.74, 6) is 0.431. The van der Waals surface area contributed by atoms with E-state index in [4.69, 9.17) is 44.8 Å². The van der Waals surface area contributed by atoms with E-state index in [1.807, 2.05) is 6.07 Å². The number of nitrogens with zero attached hydrogens (tertiary/aromatic N) is 1. The molecule has 0 radical (unpaired) electrons. The summed E-state index contributed by atoms with van der Waals surface area (Å²) < 4.78 is 5.58. The average Bonchev–Trinajstić information content (AvgIpc) is 2.38. The van der Waals surface area contributed by atoms with Crippen molar-refractivity contribution in [2.45, 2.75) is 6.61 Å². The molecule has 0 saturated carbocycles. The van der Waals surface area contributed by atoms with E-state index in [9.17, 15) is 0 Å². The zero-order valence-electron chi connectivity index (χ0n) is 9.66. The Balaban J connectivity index is 2.20. The van der Waals surface area contributed by atoms with Gasteiger partial charge in [0, 0.05) is 15.6 Å². The molecule has 0 fully saturated rings. The van der Waals surface area contributed by atoms with Crippen molar-refractivity contribution in [2.75, 3.05) is 0 Å². The van der Waals surface area contributed by atoms with Crippen LogP contribution < -0.4 is 4.74 Å². The van der Waals surface area contributed by atoms with Crippen LogP contribution in [0, 0.1) is 11.3 Å². The third kappa shape index (κ3) is 3.33. The Morgan fingerprint density at radius 3 is 2.53 bits per heavy atom. The van der Waals surface area contributed by atoms with Gasteiger partial charge in [-0.2, -0.15) is 5.26 Å². The Kier molecular flexibility index (Phi) is 4.55. The van der Waals surface area contributed by atoms with Crippen molar-refractivity contribution in [2.24, 2.45) is 0 Å². The number of hydrogen-bond donors (Lipinski definition) is 0. The summed E-state index contributed by atoms with van der Waals surface area (Å²) in [4.78, 5) is 0. The highest BCUT2D eigenvalue weighted by Gasteiger charge is 2.09. The van der Waals surface area contributed by atoms with Crippen LogP contribution in [0.25, 0.3) is 0 Å². The van der Waals surface area contributed by atoms with Crippen LogP contribution in [-0.2, 0) is 6.61 Å². The van der Waals surface area contributed by atoms with Gasteiger partial charge in [-0.25, -0.2) is 0 Å². The monoisotopic (exact) mass is 311 g/mol. The number of benzene rings is 2. The number of halogens is 3. The van der Waals surface area contributed by atoms with Crippen molar-refractivity contribution in [1.29, 1.82) is 5.26 Å². The number of hydrogen-bond acceptors (Lipinski definition) is 2. The zero-order chi connectivity index (χ0) is 13.8. The van der Waals surface area contributed by atoms with Crippen molar-refractivity contribution >= 4 is 34.8 Å². The second-order valence-electron chi connectivity index (χ2n) is 3.75. The topological polar surface area (TPSA) is 33.0 Å².